The van der Waals surface area contributed by atoms with Gasteiger partial charge in [0.25, 0.3) is 0 Å². The number of hydrogen-bond acceptors (Lipinski definition) is 1. The van der Waals surface area contributed by atoms with Crippen molar-refractivity contribution in [1.82, 2.24) is 9.78 Å². The van der Waals surface area contributed by atoms with Crippen LogP contribution in [0.2, 0.25) is 0 Å². The van der Waals surface area contributed by atoms with Gasteiger partial charge in [0.1, 0.15) is 0 Å². The zero-order valence-electron chi connectivity index (χ0n) is 4.83. The van der Waals surface area contributed by atoms with Gasteiger partial charge in [0, 0.05) is 18.8 Å². The van der Waals surface area contributed by atoms with Crippen molar-refractivity contribution in [2.24, 2.45) is 7.05 Å². The SMILES string of the molecule is C=Cc1cnn(C)c1. The summed E-state index contributed by atoms with van der Waals surface area (Å²) in [6.07, 6.45) is 5.45. The van der Waals surface area contributed by atoms with Crippen LogP contribution in [0.1, 0.15) is 5.56 Å². The number of aryl methyl sites for hydroxylation is 1. The van der Waals surface area contributed by atoms with E-state index in [-0.39, 0.29) is 0 Å². The Morgan fingerprint density at radius 1 is 1.88 bits per heavy atom. The average molecular weight is 108 g/mol. The molecule has 0 bridgehead atoms. The molecule has 42 valence electrons. The van der Waals surface area contributed by atoms with Crippen molar-refractivity contribution >= 4 is 6.08 Å². The summed E-state index contributed by atoms with van der Waals surface area (Å²) in [5.41, 5.74) is 1.06. The van der Waals surface area contributed by atoms with Gasteiger partial charge in [0.05, 0.1) is 6.20 Å². The van der Waals surface area contributed by atoms with Crippen LogP contribution < -0.4 is 0 Å². The third-order valence-electron chi connectivity index (χ3n) is 0.961. The summed E-state index contributed by atoms with van der Waals surface area (Å²) in [7, 11) is 1.88. The van der Waals surface area contributed by atoms with Crippen molar-refractivity contribution in [2.75, 3.05) is 0 Å². The van der Waals surface area contributed by atoms with Gasteiger partial charge >= 0.3 is 0 Å². The second-order valence-corrected chi connectivity index (χ2v) is 1.65. The van der Waals surface area contributed by atoms with Crippen LogP contribution in [0.25, 0.3) is 6.08 Å². The van der Waals surface area contributed by atoms with Crippen molar-refractivity contribution in [1.29, 1.82) is 0 Å². The number of rotatable bonds is 1. The molecule has 0 fully saturated rings. The van der Waals surface area contributed by atoms with Crippen molar-refractivity contribution in [3.63, 3.8) is 0 Å². The quantitative estimate of drug-likeness (QED) is 0.526. The van der Waals surface area contributed by atoms with E-state index in [4.69, 9.17) is 0 Å². The first-order chi connectivity index (χ1) is 3.83. The number of aromatic nitrogens is 2. The maximum Gasteiger partial charge on any atom is 0.0561 e. The second kappa shape index (κ2) is 1.82. The predicted octanol–water partition coefficient (Wildman–Crippen LogP) is 1.06. The van der Waals surface area contributed by atoms with E-state index in [0.717, 1.165) is 5.56 Å². The minimum absolute atomic E-state index is 1.06. The van der Waals surface area contributed by atoms with Crippen LogP contribution in [0.4, 0.5) is 0 Å². The van der Waals surface area contributed by atoms with E-state index in [2.05, 4.69) is 11.7 Å². The Balaban J connectivity index is 3.00. The highest BCUT2D eigenvalue weighted by molar-refractivity contribution is 5.43. The fourth-order valence-electron chi connectivity index (χ4n) is 0.546. The van der Waals surface area contributed by atoms with Crippen LogP contribution in [0, 0.1) is 0 Å². The summed E-state index contributed by atoms with van der Waals surface area (Å²) in [5, 5.41) is 3.93. The van der Waals surface area contributed by atoms with Crippen LogP contribution in [0.5, 0.6) is 0 Å². The Labute approximate surface area is 48.4 Å². The van der Waals surface area contributed by atoms with E-state index in [0.29, 0.717) is 0 Å². The van der Waals surface area contributed by atoms with E-state index >= 15 is 0 Å². The van der Waals surface area contributed by atoms with Gasteiger partial charge in [-0.05, 0) is 0 Å². The lowest BCUT2D eigenvalue weighted by Crippen LogP contribution is -1.83. The Hall–Kier alpha value is -1.05. The molecular weight excluding hydrogens is 100 g/mol. The van der Waals surface area contributed by atoms with Crippen molar-refractivity contribution in [3.05, 3.63) is 24.5 Å². The fourth-order valence-corrected chi connectivity index (χ4v) is 0.546. The molecule has 0 spiro atoms. The van der Waals surface area contributed by atoms with Crippen molar-refractivity contribution < 1.29 is 0 Å². The zero-order valence-corrected chi connectivity index (χ0v) is 4.83. The highest BCUT2D eigenvalue weighted by Gasteiger charge is 1.84. The first kappa shape index (κ1) is 5.09. The van der Waals surface area contributed by atoms with Crippen molar-refractivity contribution in [3.8, 4) is 0 Å². The molecule has 0 aliphatic rings. The topological polar surface area (TPSA) is 17.8 Å². The number of hydrogen-bond donors (Lipinski definition) is 0. The van der Waals surface area contributed by atoms with Gasteiger partial charge in [-0.25, -0.2) is 0 Å². The highest BCUT2D eigenvalue weighted by atomic mass is 15.2. The molecule has 2 heteroatoms. The first-order valence-corrected chi connectivity index (χ1v) is 2.44. The molecule has 1 aromatic heterocycles. The minimum Gasteiger partial charge on any atom is -0.275 e. The largest absolute Gasteiger partial charge is 0.275 e. The van der Waals surface area contributed by atoms with E-state index in [9.17, 15) is 0 Å². The van der Waals surface area contributed by atoms with Crippen LogP contribution in [-0.2, 0) is 7.05 Å². The Kier molecular flexibility index (Phi) is 1.16. The lowest BCUT2D eigenvalue weighted by atomic mass is 10.4. The smallest absolute Gasteiger partial charge is 0.0561 e. The van der Waals surface area contributed by atoms with Gasteiger partial charge in [0.2, 0.25) is 0 Å². The Morgan fingerprint density at radius 2 is 2.62 bits per heavy atom. The molecule has 0 atom stereocenters. The number of nitrogens with zero attached hydrogens (tertiary/aromatic N) is 2. The minimum atomic E-state index is 1.06. The molecule has 0 saturated heterocycles. The molecule has 0 aliphatic carbocycles. The van der Waals surface area contributed by atoms with Crippen LogP contribution in [0.15, 0.2) is 19.0 Å². The maximum atomic E-state index is 3.93. The lowest BCUT2D eigenvalue weighted by molar-refractivity contribution is 0.767. The summed E-state index contributed by atoms with van der Waals surface area (Å²) in [4.78, 5) is 0. The average Bonchev–Trinajstić information content (AvgIpc) is 2.14. The Morgan fingerprint density at radius 3 is 2.88 bits per heavy atom. The van der Waals surface area contributed by atoms with Gasteiger partial charge in [0.15, 0.2) is 0 Å². The van der Waals surface area contributed by atoms with Gasteiger partial charge in [-0.15, -0.1) is 0 Å². The normalized spacial score (nSPS) is 9.12. The van der Waals surface area contributed by atoms with Gasteiger partial charge in [-0.1, -0.05) is 12.7 Å². The Bertz CT molecular complexity index is 188. The molecule has 1 heterocycles. The zero-order chi connectivity index (χ0) is 5.98. The van der Waals surface area contributed by atoms with E-state index < -0.39 is 0 Å². The van der Waals surface area contributed by atoms with Gasteiger partial charge in [-0.3, -0.25) is 4.68 Å². The molecule has 8 heavy (non-hydrogen) atoms. The van der Waals surface area contributed by atoms with Crippen LogP contribution in [0.3, 0.4) is 0 Å². The standard InChI is InChI=1S/C6H8N2/c1-3-6-4-7-8(2)5-6/h3-5H,1H2,2H3. The summed E-state index contributed by atoms with van der Waals surface area (Å²) in [6, 6.07) is 0. The predicted molar refractivity (Wildman–Crippen MR) is 33.3 cm³/mol. The molecule has 0 saturated carbocycles. The van der Waals surface area contributed by atoms with Gasteiger partial charge in [-0.2, -0.15) is 5.10 Å². The molecular formula is C6H8N2. The lowest BCUT2D eigenvalue weighted by Gasteiger charge is -1.79. The van der Waals surface area contributed by atoms with Crippen LogP contribution >= 0.6 is 0 Å². The third-order valence-corrected chi connectivity index (χ3v) is 0.961. The summed E-state index contributed by atoms with van der Waals surface area (Å²) < 4.78 is 1.75. The highest BCUT2D eigenvalue weighted by Crippen LogP contribution is 1.95. The summed E-state index contributed by atoms with van der Waals surface area (Å²) in [5.74, 6) is 0. The van der Waals surface area contributed by atoms with E-state index in [1.54, 1.807) is 17.0 Å². The molecule has 1 rings (SSSR count). The van der Waals surface area contributed by atoms with Crippen molar-refractivity contribution in [2.45, 2.75) is 0 Å². The summed E-state index contributed by atoms with van der Waals surface area (Å²) >= 11 is 0. The molecule has 2 nitrogen and oxygen atoms in total. The molecule has 1 aromatic rings. The molecule has 0 aromatic carbocycles. The molecule has 0 aliphatic heterocycles. The van der Waals surface area contributed by atoms with E-state index in [1.807, 2.05) is 13.2 Å². The molecule has 0 radical (unpaired) electrons. The van der Waals surface area contributed by atoms with Crippen LogP contribution in [-0.4, -0.2) is 9.78 Å². The maximum absolute atomic E-state index is 3.93. The summed E-state index contributed by atoms with van der Waals surface area (Å²) in [6.45, 7) is 3.59. The monoisotopic (exact) mass is 108 g/mol. The molecule has 0 unspecified atom stereocenters. The van der Waals surface area contributed by atoms with E-state index in [1.165, 1.54) is 0 Å². The second-order valence-electron chi connectivity index (χ2n) is 1.65. The fraction of sp³-hybridized carbons (Fsp3) is 0.167. The molecule has 0 amide bonds. The molecule has 0 N–H and O–H groups in total. The third kappa shape index (κ3) is 0.780. The first-order valence-electron chi connectivity index (χ1n) is 2.44. The van der Waals surface area contributed by atoms with Gasteiger partial charge < -0.3 is 0 Å².